The highest BCUT2D eigenvalue weighted by Crippen LogP contribution is 2.21. The van der Waals surface area contributed by atoms with Crippen LogP contribution in [0.5, 0.6) is 0 Å². The first-order valence-corrected chi connectivity index (χ1v) is 9.43. The topological polar surface area (TPSA) is 58.2 Å². The number of carbonyl (C=O) groups excluding carboxylic acids is 2. The van der Waals surface area contributed by atoms with Crippen molar-refractivity contribution < 1.29 is 9.59 Å². The molecule has 0 unspecified atom stereocenters. The summed E-state index contributed by atoms with van der Waals surface area (Å²) >= 11 is 5.04. The van der Waals surface area contributed by atoms with Gasteiger partial charge in [0.15, 0.2) is 0 Å². The maximum atomic E-state index is 12.0. The van der Waals surface area contributed by atoms with Crippen LogP contribution < -0.4 is 10.6 Å². The third kappa shape index (κ3) is 6.02. The molecule has 0 saturated heterocycles. The van der Waals surface area contributed by atoms with Gasteiger partial charge in [-0.05, 0) is 55.5 Å². The Balaban J connectivity index is 1.77. The summed E-state index contributed by atoms with van der Waals surface area (Å²) in [5.74, 6) is 0.566. The van der Waals surface area contributed by atoms with Crippen LogP contribution in [0.1, 0.15) is 23.7 Å². The molecule has 0 aromatic heterocycles. The van der Waals surface area contributed by atoms with Gasteiger partial charge in [0.25, 0.3) is 5.91 Å². The van der Waals surface area contributed by atoms with E-state index in [9.17, 15) is 9.59 Å². The van der Waals surface area contributed by atoms with Crippen LogP contribution in [0.3, 0.4) is 0 Å². The summed E-state index contributed by atoms with van der Waals surface area (Å²) in [6.45, 7) is 2.46. The summed E-state index contributed by atoms with van der Waals surface area (Å²) in [4.78, 5) is 24.8. The number of thioether (sulfide) groups is 1. The molecule has 0 saturated carbocycles. The molecule has 2 aromatic carbocycles. The molecular formula is C18H19BrN2O2S. The zero-order chi connectivity index (χ0) is 17.4. The molecule has 0 aliphatic carbocycles. The third-order valence-electron chi connectivity index (χ3n) is 3.18. The van der Waals surface area contributed by atoms with Gasteiger partial charge in [-0.1, -0.05) is 15.9 Å². The van der Waals surface area contributed by atoms with Gasteiger partial charge < -0.3 is 10.6 Å². The van der Waals surface area contributed by atoms with Crippen molar-refractivity contribution in [2.75, 3.05) is 17.6 Å². The second-order valence-electron chi connectivity index (χ2n) is 5.04. The van der Waals surface area contributed by atoms with E-state index in [0.29, 0.717) is 30.0 Å². The van der Waals surface area contributed by atoms with Crippen LogP contribution in [0.25, 0.3) is 0 Å². The number of anilines is 1. The fraction of sp³-hybridized carbons (Fsp3) is 0.222. The van der Waals surface area contributed by atoms with Gasteiger partial charge >= 0.3 is 0 Å². The summed E-state index contributed by atoms with van der Waals surface area (Å²) in [6.07, 6.45) is 0.429. The zero-order valence-corrected chi connectivity index (χ0v) is 15.7. The maximum Gasteiger partial charge on any atom is 0.251 e. The zero-order valence-electron chi connectivity index (χ0n) is 13.3. The van der Waals surface area contributed by atoms with Crippen molar-refractivity contribution in [3.8, 4) is 0 Å². The lowest BCUT2D eigenvalue weighted by molar-refractivity contribution is -0.115. The highest BCUT2D eigenvalue weighted by atomic mass is 79.9. The number of hydrogen-bond donors (Lipinski definition) is 2. The van der Waals surface area contributed by atoms with E-state index in [1.807, 2.05) is 31.2 Å². The van der Waals surface area contributed by atoms with Crippen LogP contribution in [0.2, 0.25) is 0 Å². The molecule has 126 valence electrons. The molecule has 2 N–H and O–H groups in total. The molecule has 0 bridgehead atoms. The van der Waals surface area contributed by atoms with Crippen LogP contribution in [0.15, 0.2) is 57.9 Å². The standard InChI is InChI=1S/C18H19BrN2O2S/c1-2-20-18(23)13-3-7-15(8-4-13)21-17(22)11-12-24-16-9-5-14(19)6-10-16/h3-10H,2,11-12H2,1H3,(H,20,23)(H,21,22). The maximum absolute atomic E-state index is 12.0. The minimum atomic E-state index is -0.110. The number of rotatable bonds is 7. The molecule has 0 spiro atoms. The van der Waals surface area contributed by atoms with E-state index in [0.717, 1.165) is 9.37 Å². The predicted molar refractivity (Wildman–Crippen MR) is 103 cm³/mol. The second kappa shape index (κ2) is 9.49. The van der Waals surface area contributed by atoms with Gasteiger partial charge in [0.05, 0.1) is 0 Å². The van der Waals surface area contributed by atoms with Gasteiger partial charge in [0.1, 0.15) is 0 Å². The van der Waals surface area contributed by atoms with Gasteiger partial charge in [-0.2, -0.15) is 0 Å². The van der Waals surface area contributed by atoms with Gasteiger partial charge in [0.2, 0.25) is 5.91 Å². The molecule has 0 radical (unpaired) electrons. The van der Waals surface area contributed by atoms with E-state index in [4.69, 9.17) is 0 Å². The lowest BCUT2D eigenvalue weighted by Gasteiger charge is -2.07. The Hall–Kier alpha value is -1.79. The molecule has 2 rings (SSSR count). The summed E-state index contributed by atoms with van der Waals surface area (Å²) in [5.41, 5.74) is 1.28. The van der Waals surface area contributed by atoms with E-state index in [1.165, 1.54) is 0 Å². The van der Waals surface area contributed by atoms with Gasteiger partial charge in [0, 0.05) is 39.3 Å². The molecule has 2 amide bonds. The van der Waals surface area contributed by atoms with Crippen molar-refractivity contribution in [3.05, 3.63) is 58.6 Å². The molecule has 2 aromatic rings. The molecule has 0 aliphatic heterocycles. The van der Waals surface area contributed by atoms with Crippen molar-refractivity contribution in [1.82, 2.24) is 5.32 Å². The summed E-state index contributed by atoms with van der Waals surface area (Å²) in [7, 11) is 0. The van der Waals surface area contributed by atoms with Gasteiger partial charge in [-0.3, -0.25) is 9.59 Å². The highest BCUT2D eigenvalue weighted by molar-refractivity contribution is 9.10. The van der Waals surface area contributed by atoms with E-state index in [1.54, 1.807) is 36.0 Å². The lowest BCUT2D eigenvalue weighted by Crippen LogP contribution is -2.22. The average Bonchev–Trinajstić information content (AvgIpc) is 2.57. The number of amides is 2. The number of carbonyl (C=O) groups is 2. The average molecular weight is 407 g/mol. The first-order valence-electron chi connectivity index (χ1n) is 7.65. The van der Waals surface area contributed by atoms with E-state index < -0.39 is 0 Å². The lowest BCUT2D eigenvalue weighted by atomic mass is 10.2. The Labute approximate surface area is 154 Å². The summed E-state index contributed by atoms with van der Waals surface area (Å²) in [5, 5.41) is 5.58. The fourth-order valence-electron chi connectivity index (χ4n) is 1.98. The monoisotopic (exact) mass is 406 g/mol. The van der Waals surface area contributed by atoms with E-state index in [2.05, 4.69) is 26.6 Å². The minimum Gasteiger partial charge on any atom is -0.352 e. The van der Waals surface area contributed by atoms with E-state index >= 15 is 0 Å². The minimum absolute atomic E-state index is 0.0367. The molecule has 0 heterocycles. The van der Waals surface area contributed by atoms with Crippen LogP contribution in [0.4, 0.5) is 5.69 Å². The SMILES string of the molecule is CCNC(=O)c1ccc(NC(=O)CCSc2ccc(Br)cc2)cc1. The molecule has 0 aliphatic rings. The number of hydrogen-bond acceptors (Lipinski definition) is 3. The number of benzene rings is 2. The molecule has 0 atom stereocenters. The Kier molecular flexibility index (Phi) is 7.34. The second-order valence-corrected chi connectivity index (χ2v) is 7.12. The van der Waals surface area contributed by atoms with Crippen LogP contribution >= 0.6 is 27.7 Å². The quantitative estimate of drug-likeness (QED) is 0.673. The van der Waals surface area contributed by atoms with Crippen molar-refractivity contribution in [2.45, 2.75) is 18.2 Å². The first kappa shape index (κ1) is 18.5. The first-order chi connectivity index (χ1) is 11.6. The van der Waals surface area contributed by atoms with E-state index in [-0.39, 0.29) is 11.8 Å². The third-order valence-corrected chi connectivity index (χ3v) is 4.72. The van der Waals surface area contributed by atoms with Gasteiger partial charge in [-0.25, -0.2) is 0 Å². The van der Waals surface area contributed by atoms with Crippen molar-refractivity contribution in [1.29, 1.82) is 0 Å². The van der Waals surface area contributed by atoms with Gasteiger partial charge in [-0.15, -0.1) is 11.8 Å². The summed E-state index contributed by atoms with van der Waals surface area (Å²) < 4.78 is 1.04. The Morgan fingerprint density at radius 3 is 2.33 bits per heavy atom. The molecule has 6 heteroatoms. The molecule has 0 fully saturated rings. The van der Waals surface area contributed by atoms with Crippen molar-refractivity contribution in [2.24, 2.45) is 0 Å². The fourth-order valence-corrected chi connectivity index (χ4v) is 3.10. The predicted octanol–water partition coefficient (Wildman–Crippen LogP) is 4.32. The smallest absolute Gasteiger partial charge is 0.251 e. The number of nitrogens with one attached hydrogen (secondary N) is 2. The molecule has 24 heavy (non-hydrogen) atoms. The molecule has 4 nitrogen and oxygen atoms in total. The number of halogens is 1. The van der Waals surface area contributed by atoms with Crippen LogP contribution in [0, 0.1) is 0 Å². The Bertz CT molecular complexity index is 687. The normalized spacial score (nSPS) is 10.2. The summed E-state index contributed by atoms with van der Waals surface area (Å²) in [6, 6.07) is 14.9. The highest BCUT2D eigenvalue weighted by Gasteiger charge is 2.06. The van der Waals surface area contributed by atoms with Crippen molar-refractivity contribution >= 4 is 45.2 Å². The molecular weight excluding hydrogens is 388 g/mol. The Morgan fingerprint density at radius 2 is 1.71 bits per heavy atom. The van der Waals surface area contributed by atoms with Crippen LogP contribution in [-0.4, -0.2) is 24.1 Å². The van der Waals surface area contributed by atoms with Crippen LogP contribution in [-0.2, 0) is 4.79 Å². The Morgan fingerprint density at radius 1 is 1.04 bits per heavy atom. The largest absolute Gasteiger partial charge is 0.352 e. The van der Waals surface area contributed by atoms with Crippen molar-refractivity contribution in [3.63, 3.8) is 0 Å².